The van der Waals surface area contributed by atoms with Crippen molar-refractivity contribution < 1.29 is 13.9 Å². The molecule has 4 rings (SSSR count). The van der Waals surface area contributed by atoms with E-state index in [4.69, 9.17) is 9.47 Å². The minimum atomic E-state index is -0.656. The van der Waals surface area contributed by atoms with Crippen LogP contribution < -0.4 is 20.7 Å². The number of H-pyrrole nitrogens is 1. The zero-order valence-corrected chi connectivity index (χ0v) is 16.5. The quantitative estimate of drug-likeness (QED) is 0.486. The summed E-state index contributed by atoms with van der Waals surface area (Å²) >= 11 is 0. The molecule has 8 heteroatoms. The summed E-state index contributed by atoms with van der Waals surface area (Å²) in [6.07, 6.45) is 1.36. The minimum Gasteiger partial charge on any atom is -0.493 e. The molecule has 0 saturated heterocycles. The van der Waals surface area contributed by atoms with Gasteiger partial charge in [0, 0.05) is 5.56 Å². The molecule has 0 radical (unpaired) electrons. The van der Waals surface area contributed by atoms with E-state index in [9.17, 15) is 14.0 Å². The van der Waals surface area contributed by atoms with Gasteiger partial charge in [-0.2, -0.15) is 5.10 Å². The molecule has 0 spiro atoms. The van der Waals surface area contributed by atoms with Gasteiger partial charge in [-0.3, -0.25) is 4.79 Å². The van der Waals surface area contributed by atoms with Crippen molar-refractivity contribution in [1.82, 2.24) is 9.66 Å². The van der Waals surface area contributed by atoms with Gasteiger partial charge in [0.25, 0.3) is 5.56 Å². The fourth-order valence-corrected chi connectivity index (χ4v) is 3.06. The molecule has 156 valence electrons. The average Bonchev–Trinajstić information content (AvgIpc) is 2.78. The van der Waals surface area contributed by atoms with Crippen LogP contribution in [0, 0.1) is 5.82 Å². The second-order valence-electron chi connectivity index (χ2n) is 6.63. The van der Waals surface area contributed by atoms with Crippen molar-refractivity contribution in [3.05, 3.63) is 105 Å². The van der Waals surface area contributed by atoms with Crippen molar-refractivity contribution in [3.63, 3.8) is 0 Å². The zero-order chi connectivity index (χ0) is 21.8. The summed E-state index contributed by atoms with van der Waals surface area (Å²) in [6.45, 7) is 0.165. The Morgan fingerprint density at radius 2 is 1.81 bits per heavy atom. The second-order valence-corrected chi connectivity index (χ2v) is 6.63. The molecule has 0 bridgehead atoms. The number of nitrogens with one attached hydrogen (secondary N) is 1. The number of aromatic nitrogens is 2. The molecule has 31 heavy (non-hydrogen) atoms. The van der Waals surface area contributed by atoms with Crippen LogP contribution in [0.25, 0.3) is 10.9 Å². The molecular weight excluding hydrogens is 401 g/mol. The van der Waals surface area contributed by atoms with E-state index in [1.807, 2.05) is 0 Å². The highest BCUT2D eigenvalue weighted by atomic mass is 19.1. The molecule has 0 amide bonds. The van der Waals surface area contributed by atoms with Gasteiger partial charge in [0.1, 0.15) is 12.4 Å². The van der Waals surface area contributed by atoms with Gasteiger partial charge >= 0.3 is 5.69 Å². The fourth-order valence-electron chi connectivity index (χ4n) is 3.06. The summed E-state index contributed by atoms with van der Waals surface area (Å²) in [7, 11) is 1.50. The molecule has 0 fully saturated rings. The van der Waals surface area contributed by atoms with Gasteiger partial charge in [-0.25, -0.2) is 9.18 Å². The van der Waals surface area contributed by atoms with Crippen molar-refractivity contribution in [3.8, 4) is 11.5 Å². The molecule has 3 aromatic carbocycles. The highest BCUT2D eigenvalue weighted by Crippen LogP contribution is 2.30. The van der Waals surface area contributed by atoms with E-state index in [1.165, 1.54) is 25.5 Å². The predicted octanol–water partition coefficient (Wildman–Crippen LogP) is 3.30. The molecule has 0 aliphatic rings. The predicted molar refractivity (Wildman–Crippen MR) is 116 cm³/mol. The third-order valence-corrected chi connectivity index (χ3v) is 4.62. The Morgan fingerprint density at radius 3 is 2.58 bits per heavy atom. The van der Waals surface area contributed by atoms with Crippen molar-refractivity contribution in [2.45, 2.75) is 6.61 Å². The zero-order valence-electron chi connectivity index (χ0n) is 16.5. The maximum atomic E-state index is 13.1. The van der Waals surface area contributed by atoms with E-state index in [-0.39, 0.29) is 12.4 Å². The lowest BCUT2D eigenvalue weighted by Crippen LogP contribution is -2.32. The van der Waals surface area contributed by atoms with Crippen molar-refractivity contribution in [2.24, 2.45) is 5.10 Å². The van der Waals surface area contributed by atoms with Crippen molar-refractivity contribution in [1.29, 1.82) is 0 Å². The molecule has 0 aliphatic heterocycles. The number of rotatable bonds is 6. The number of fused-ring (bicyclic) bond motifs is 1. The fraction of sp³-hybridized carbons (Fsp3) is 0.0870. The smallest absolute Gasteiger partial charge is 0.349 e. The number of hydrogen-bond donors (Lipinski definition) is 1. The normalized spacial score (nSPS) is 11.2. The van der Waals surface area contributed by atoms with Gasteiger partial charge in [-0.1, -0.05) is 30.3 Å². The van der Waals surface area contributed by atoms with Gasteiger partial charge in [0.2, 0.25) is 0 Å². The monoisotopic (exact) mass is 419 g/mol. The van der Waals surface area contributed by atoms with Gasteiger partial charge in [0.05, 0.1) is 24.2 Å². The molecule has 7 nitrogen and oxygen atoms in total. The first-order valence-corrected chi connectivity index (χ1v) is 9.39. The Labute approximate surface area is 176 Å². The van der Waals surface area contributed by atoms with Gasteiger partial charge in [0.15, 0.2) is 11.5 Å². The number of hydrogen-bond acceptors (Lipinski definition) is 5. The van der Waals surface area contributed by atoms with E-state index in [2.05, 4.69) is 10.1 Å². The summed E-state index contributed by atoms with van der Waals surface area (Å²) in [5.41, 5.74) is 0.510. The first-order valence-electron chi connectivity index (χ1n) is 9.39. The summed E-state index contributed by atoms with van der Waals surface area (Å²) in [5, 5.41) is 4.42. The van der Waals surface area contributed by atoms with E-state index in [1.54, 1.807) is 54.6 Å². The Balaban J connectivity index is 1.69. The number of nitrogens with zero attached hydrogens (tertiary/aromatic N) is 2. The molecule has 1 heterocycles. The Hall–Kier alpha value is -4.20. The van der Waals surface area contributed by atoms with E-state index < -0.39 is 11.2 Å². The van der Waals surface area contributed by atoms with Crippen molar-refractivity contribution >= 4 is 17.1 Å². The Morgan fingerprint density at radius 1 is 1.03 bits per heavy atom. The number of aromatic amines is 1. The topological polar surface area (TPSA) is 85.7 Å². The second kappa shape index (κ2) is 8.66. The number of methoxy groups -OCH3 is 1. The van der Waals surface area contributed by atoms with Crippen LogP contribution in [0.4, 0.5) is 4.39 Å². The molecule has 4 aromatic rings. The third-order valence-electron chi connectivity index (χ3n) is 4.62. The molecule has 0 aliphatic carbocycles. The summed E-state index contributed by atoms with van der Waals surface area (Å²) in [6, 6.07) is 17.8. The van der Waals surface area contributed by atoms with Crippen LogP contribution >= 0.6 is 0 Å². The summed E-state index contributed by atoms with van der Waals surface area (Å²) in [4.78, 5) is 27.6. The highest BCUT2D eigenvalue weighted by Gasteiger charge is 2.11. The number of halogens is 1. The van der Waals surface area contributed by atoms with Crippen LogP contribution in [-0.2, 0) is 6.61 Å². The first kappa shape index (κ1) is 20.1. The van der Waals surface area contributed by atoms with E-state index >= 15 is 0 Å². The van der Waals surface area contributed by atoms with Gasteiger partial charge < -0.3 is 14.5 Å². The standard InChI is InChI=1S/C23H18FN3O4/c1-30-20-8-4-5-16(21(20)31-14-15-9-11-17(24)12-10-15)13-25-27-22(28)18-6-2-3-7-19(18)26-23(27)29/h2-13H,14H2,1H3,(H,26,29). The first-order chi connectivity index (χ1) is 15.1. The number of ether oxygens (including phenoxy) is 2. The van der Waals surface area contributed by atoms with Crippen LogP contribution in [0.3, 0.4) is 0 Å². The number of para-hydroxylation sites is 2. The SMILES string of the molecule is COc1cccc(C=Nn2c(=O)[nH]c3ccccc3c2=O)c1OCc1ccc(F)cc1. The van der Waals surface area contributed by atoms with E-state index in [0.717, 1.165) is 10.2 Å². The van der Waals surface area contributed by atoms with Crippen LogP contribution in [-0.4, -0.2) is 23.0 Å². The van der Waals surface area contributed by atoms with Crippen molar-refractivity contribution in [2.75, 3.05) is 7.11 Å². The Kier molecular flexibility index (Phi) is 5.61. The maximum absolute atomic E-state index is 13.1. The lowest BCUT2D eigenvalue weighted by molar-refractivity contribution is 0.284. The average molecular weight is 419 g/mol. The van der Waals surface area contributed by atoms with Crippen LogP contribution in [0.2, 0.25) is 0 Å². The molecule has 1 N–H and O–H groups in total. The summed E-state index contributed by atoms with van der Waals surface area (Å²) < 4.78 is 25.1. The van der Waals surface area contributed by atoms with E-state index in [0.29, 0.717) is 28.0 Å². The minimum absolute atomic E-state index is 0.165. The molecular formula is C23H18FN3O4. The summed E-state index contributed by atoms with van der Waals surface area (Å²) in [5.74, 6) is 0.495. The lowest BCUT2D eigenvalue weighted by atomic mass is 10.2. The lowest BCUT2D eigenvalue weighted by Gasteiger charge is -2.13. The molecule has 0 saturated carbocycles. The van der Waals surface area contributed by atoms with Crippen LogP contribution in [0.1, 0.15) is 11.1 Å². The third kappa shape index (κ3) is 4.23. The largest absolute Gasteiger partial charge is 0.493 e. The number of benzene rings is 3. The molecule has 0 atom stereocenters. The molecule has 1 aromatic heterocycles. The highest BCUT2D eigenvalue weighted by molar-refractivity contribution is 5.85. The van der Waals surface area contributed by atoms with Gasteiger partial charge in [-0.05, 0) is 42.0 Å². The maximum Gasteiger partial charge on any atom is 0.349 e. The van der Waals surface area contributed by atoms with Crippen LogP contribution in [0.5, 0.6) is 11.5 Å². The Bertz CT molecular complexity index is 1370. The van der Waals surface area contributed by atoms with Gasteiger partial charge in [-0.15, -0.1) is 4.68 Å². The molecule has 0 unspecified atom stereocenters. The van der Waals surface area contributed by atoms with Crippen LogP contribution in [0.15, 0.2) is 81.4 Å².